The average Bonchev–Trinajstić information content (AvgIpc) is 2.98. The molecule has 0 bridgehead atoms. The largest absolute Gasteiger partial charge is 0.378 e. The molecule has 0 N–H and O–H groups in total. The summed E-state index contributed by atoms with van der Waals surface area (Å²) in [7, 11) is 12.2. The van der Waals surface area contributed by atoms with Gasteiger partial charge in [0.25, 0.3) is 0 Å². The number of anilines is 1. The summed E-state index contributed by atoms with van der Waals surface area (Å²) in [5, 5.41) is 0. The van der Waals surface area contributed by atoms with Crippen LogP contribution in [0.2, 0.25) is 0 Å². The van der Waals surface area contributed by atoms with E-state index in [0.29, 0.717) is 0 Å². The lowest BCUT2D eigenvalue weighted by Crippen LogP contribution is -2.39. The van der Waals surface area contributed by atoms with Crippen molar-refractivity contribution in [2.45, 2.75) is 25.4 Å². The second-order valence-corrected chi connectivity index (χ2v) is 13.3. The van der Waals surface area contributed by atoms with Crippen LogP contribution in [0.25, 0.3) is 12.2 Å². The van der Waals surface area contributed by atoms with E-state index in [0.717, 1.165) is 42.2 Å². The molecule has 0 amide bonds. The molecule has 1 aliphatic rings. The van der Waals surface area contributed by atoms with E-state index in [-0.39, 0.29) is 5.54 Å². The summed E-state index contributed by atoms with van der Waals surface area (Å²) in [6.07, 6.45) is 26.5. The van der Waals surface area contributed by atoms with Gasteiger partial charge < -0.3 is 9.80 Å². The first-order valence-electron chi connectivity index (χ1n) is 14.1. The van der Waals surface area contributed by atoms with Gasteiger partial charge in [-0.25, -0.2) is 4.57 Å². The van der Waals surface area contributed by atoms with Crippen LogP contribution in [0, 0.1) is 0 Å². The third-order valence-electron chi connectivity index (χ3n) is 7.10. The molecule has 2 aromatic rings. The van der Waals surface area contributed by atoms with E-state index < -0.39 is 0 Å². The number of allylic oxidation sites excluding steroid dienone is 7. The summed E-state index contributed by atoms with van der Waals surface area (Å²) in [5.74, 6) is 2.07. The van der Waals surface area contributed by atoms with Crippen molar-refractivity contribution in [3.05, 3.63) is 120 Å². The molecule has 3 rings (SSSR count). The summed E-state index contributed by atoms with van der Waals surface area (Å²) >= 11 is 0. The number of hydrogen-bond acceptors (Lipinski definition) is 5. The molecule has 4 nitrogen and oxygen atoms in total. The van der Waals surface area contributed by atoms with E-state index >= 15 is 0 Å². The molecule has 0 fully saturated rings. The van der Waals surface area contributed by atoms with Crippen molar-refractivity contribution in [1.82, 2.24) is 4.90 Å². The van der Waals surface area contributed by atoms with Crippen LogP contribution in [0.5, 0.6) is 0 Å². The molecule has 1 unspecified atom stereocenters. The summed E-state index contributed by atoms with van der Waals surface area (Å²) in [5.41, 5.74) is 6.01. The molecule has 0 aliphatic heterocycles. The Bertz CT molecular complexity index is 1280. The Labute approximate surface area is 256 Å². The van der Waals surface area contributed by atoms with E-state index in [4.69, 9.17) is 0 Å². The van der Waals surface area contributed by atoms with Crippen LogP contribution in [0.15, 0.2) is 114 Å². The van der Waals surface area contributed by atoms with E-state index in [1.807, 2.05) is 54.0 Å². The zero-order chi connectivity index (χ0) is 29.5. The number of likely N-dealkylation sites (N-methyl/N-ethyl adjacent to an activating group) is 1. The summed E-state index contributed by atoms with van der Waals surface area (Å²) in [6.45, 7) is 8.00. The maximum atomic E-state index is 4.53. The zero-order valence-corrected chi connectivity index (χ0v) is 26.9. The highest BCUT2D eigenvalue weighted by molar-refractivity contribution is 8.76. The fourth-order valence-corrected chi connectivity index (χ4v) is 5.80. The highest BCUT2D eigenvalue weighted by atomic mass is 33.1. The second kappa shape index (κ2) is 17.0. The number of pyridine rings is 1. The normalized spacial score (nSPS) is 17.7. The van der Waals surface area contributed by atoms with Crippen LogP contribution in [0.3, 0.4) is 0 Å². The summed E-state index contributed by atoms with van der Waals surface area (Å²) < 4.78 is 2.25. The quantitative estimate of drug-likeness (QED) is 0.0708. The Morgan fingerprint density at radius 3 is 2.32 bits per heavy atom. The smallest absolute Gasteiger partial charge is 0.169 e. The van der Waals surface area contributed by atoms with Crippen molar-refractivity contribution in [3.8, 4) is 0 Å². The van der Waals surface area contributed by atoms with E-state index in [9.17, 15) is 0 Å². The van der Waals surface area contributed by atoms with Gasteiger partial charge in [0.15, 0.2) is 18.9 Å². The lowest BCUT2D eigenvalue weighted by Gasteiger charge is -2.34. The first-order valence-corrected chi connectivity index (χ1v) is 16.5. The van der Waals surface area contributed by atoms with Crippen LogP contribution in [0.1, 0.15) is 24.5 Å². The first kappa shape index (κ1) is 32.5. The number of aryl methyl sites for hydroxylation is 1. The SMILES string of the molecule is C=CC(/C=C/c1ccc(N(C)C)cc1)=C\C=NCCSSCC[n+]1ccc(/C=C/C2=CCC(C)(N(C)C)C=C2)cc1. The average molecular weight is 586 g/mol. The Kier molecular flexibility index (Phi) is 13.5. The van der Waals surface area contributed by atoms with Gasteiger partial charge in [-0.1, -0.05) is 88.9 Å². The first-order chi connectivity index (χ1) is 19.8. The molecule has 6 heteroatoms. The number of rotatable bonds is 15. The molecule has 0 radical (unpaired) electrons. The van der Waals surface area contributed by atoms with Gasteiger partial charge in [-0.05, 0) is 67.9 Å². The van der Waals surface area contributed by atoms with E-state index in [1.165, 1.54) is 16.8 Å². The van der Waals surface area contributed by atoms with Gasteiger partial charge in [0.2, 0.25) is 0 Å². The fourth-order valence-electron chi connectivity index (χ4n) is 3.94. The van der Waals surface area contributed by atoms with Gasteiger partial charge in [0, 0.05) is 56.0 Å². The van der Waals surface area contributed by atoms with Gasteiger partial charge in [-0.3, -0.25) is 4.99 Å². The molecular weight excluding hydrogens is 541 g/mol. The van der Waals surface area contributed by atoms with Gasteiger partial charge in [0.1, 0.15) is 0 Å². The topological polar surface area (TPSA) is 22.7 Å². The number of aliphatic imine (C=N–C) groups is 1. The summed E-state index contributed by atoms with van der Waals surface area (Å²) in [6, 6.07) is 12.8. The maximum Gasteiger partial charge on any atom is 0.169 e. The Balaban J connectivity index is 1.30. The molecule has 1 aromatic heterocycles. The molecule has 0 saturated carbocycles. The standard InChI is InChI=1S/C35H45N4S2/c1-7-30(8-9-31-12-14-34(15-13-31)37(3)4)18-23-36-24-28-40-41-29-27-39-25-19-33(20-26-39)11-10-32-16-21-35(2,22-17-32)38(5)6/h7-21,23,25-26H,1,22,24,27-29H2,2-6H3/q+1/b9-8+,11-10+,30-18+,36-23?. The van der Waals surface area contributed by atoms with Gasteiger partial charge in [0.05, 0.1) is 5.75 Å². The van der Waals surface area contributed by atoms with Crippen molar-refractivity contribution >= 4 is 45.6 Å². The second-order valence-electron chi connectivity index (χ2n) is 10.6. The minimum Gasteiger partial charge on any atom is -0.378 e. The number of aromatic nitrogens is 1. The highest BCUT2D eigenvalue weighted by Gasteiger charge is 2.24. The van der Waals surface area contributed by atoms with Crippen LogP contribution in [0.4, 0.5) is 5.69 Å². The molecule has 41 heavy (non-hydrogen) atoms. The molecule has 1 aromatic carbocycles. The Hall–Kier alpha value is -3.06. The molecular formula is C35H45N4S2+. The van der Waals surface area contributed by atoms with Crippen LogP contribution >= 0.6 is 21.6 Å². The predicted octanol–water partition coefficient (Wildman–Crippen LogP) is 7.54. The van der Waals surface area contributed by atoms with Crippen molar-refractivity contribution in [1.29, 1.82) is 0 Å². The Morgan fingerprint density at radius 1 is 0.976 bits per heavy atom. The van der Waals surface area contributed by atoms with Crippen molar-refractivity contribution in [2.75, 3.05) is 51.1 Å². The Morgan fingerprint density at radius 2 is 1.68 bits per heavy atom. The van der Waals surface area contributed by atoms with Crippen LogP contribution in [-0.2, 0) is 6.54 Å². The minimum atomic E-state index is 0.115. The predicted molar refractivity (Wildman–Crippen MR) is 186 cm³/mol. The van der Waals surface area contributed by atoms with Gasteiger partial charge in [-0.2, -0.15) is 0 Å². The number of hydrogen-bond donors (Lipinski definition) is 0. The van der Waals surface area contributed by atoms with Crippen molar-refractivity contribution < 1.29 is 4.57 Å². The van der Waals surface area contributed by atoms with Gasteiger partial charge in [-0.15, -0.1) is 0 Å². The molecule has 1 atom stereocenters. The molecule has 216 valence electrons. The lowest BCUT2D eigenvalue weighted by molar-refractivity contribution is -0.692. The van der Waals surface area contributed by atoms with Crippen molar-refractivity contribution in [3.63, 3.8) is 0 Å². The molecule has 1 heterocycles. The summed E-state index contributed by atoms with van der Waals surface area (Å²) in [4.78, 5) is 8.90. The molecule has 0 saturated heterocycles. The van der Waals surface area contributed by atoms with E-state index in [2.05, 4.69) is 138 Å². The van der Waals surface area contributed by atoms with Crippen LogP contribution in [-0.4, -0.2) is 62.9 Å². The molecule has 1 aliphatic carbocycles. The monoisotopic (exact) mass is 585 g/mol. The highest BCUT2D eigenvalue weighted by Crippen LogP contribution is 2.25. The van der Waals surface area contributed by atoms with E-state index in [1.54, 1.807) is 0 Å². The third kappa shape index (κ3) is 11.4. The lowest BCUT2D eigenvalue weighted by atomic mass is 9.89. The fraction of sp³-hybridized carbons (Fsp3) is 0.314. The number of nitrogens with zero attached hydrogens (tertiary/aromatic N) is 4. The van der Waals surface area contributed by atoms with Crippen LogP contribution < -0.4 is 9.47 Å². The van der Waals surface area contributed by atoms with Crippen molar-refractivity contribution in [2.24, 2.45) is 4.99 Å². The molecule has 0 spiro atoms. The number of benzene rings is 1. The minimum absolute atomic E-state index is 0.115. The van der Waals surface area contributed by atoms with Gasteiger partial charge >= 0.3 is 0 Å². The zero-order valence-electron chi connectivity index (χ0n) is 25.2. The maximum absolute atomic E-state index is 4.53. The third-order valence-corrected chi connectivity index (χ3v) is 9.46.